The molecule has 34 heavy (non-hydrogen) atoms. The van der Waals surface area contributed by atoms with Crippen LogP contribution in [0.2, 0.25) is 0 Å². The Hall–Kier alpha value is -2.87. The van der Waals surface area contributed by atoms with Gasteiger partial charge >= 0.3 is 6.01 Å². The number of nitrogens with zero attached hydrogens (tertiary/aromatic N) is 2. The van der Waals surface area contributed by atoms with Gasteiger partial charge in [0, 0.05) is 22.1 Å². The third-order valence-electron chi connectivity index (χ3n) is 6.87. The lowest BCUT2D eigenvalue weighted by molar-refractivity contribution is -0.118. The van der Waals surface area contributed by atoms with Crippen molar-refractivity contribution in [3.8, 4) is 0 Å². The number of fused-ring (bicyclic) bond motifs is 1. The Morgan fingerprint density at radius 2 is 2.00 bits per heavy atom. The molecule has 2 aromatic rings. The molecule has 1 aromatic heterocycles. The standard InChI is InChI=1S/C26H30BrN5O2/c1-15-9-8-12-18(27)21(15)23-22(24(33)29-17-10-4-3-5-11-17)16(2)28-25(31-23)32-26-30-19-13-6-7-14-20(19)34-26/h6-9,12-15,17,21,23H,3-5,10-11H2,1-2H3,(H,29,33)(H2,28,30,31,32). The third-order valence-corrected chi connectivity index (χ3v) is 7.67. The molecule has 1 saturated carbocycles. The summed E-state index contributed by atoms with van der Waals surface area (Å²) in [6.45, 7) is 4.10. The Balaban J connectivity index is 1.45. The van der Waals surface area contributed by atoms with Crippen molar-refractivity contribution < 1.29 is 9.21 Å². The zero-order chi connectivity index (χ0) is 23.7. The molecule has 3 atom stereocenters. The summed E-state index contributed by atoms with van der Waals surface area (Å²) in [7, 11) is 0. The van der Waals surface area contributed by atoms with Crippen molar-refractivity contribution in [2.75, 3.05) is 5.32 Å². The van der Waals surface area contributed by atoms with E-state index in [4.69, 9.17) is 9.41 Å². The van der Waals surface area contributed by atoms with Crippen LogP contribution >= 0.6 is 15.9 Å². The number of halogens is 1. The number of hydrogen-bond acceptors (Lipinski definition) is 6. The zero-order valence-electron chi connectivity index (χ0n) is 19.5. The highest BCUT2D eigenvalue weighted by atomic mass is 79.9. The number of guanidine groups is 1. The first-order valence-corrected chi connectivity index (χ1v) is 12.8. The van der Waals surface area contributed by atoms with Crippen LogP contribution in [-0.2, 0) is 4.79 Å². The number of carbonyl (C=O) groups excluding carboxylic acids is 1. The SMILES string of the molecule is CC1=C(C(=O)NC2CCCCC2)C(C2C(Br)=CC=CC2C)N=C(Nc2nc3ccccc3o2)N1. The second kappa shape index (κ2) is 9.78. The average molecular weight is 524 g/mol. The normalized spacial score (nSPS) is 25.6. The summed E-state index contributed by atoms with van der Waals surface area (Å²) in [5.74, 6) is 0.704. The summed E-state index contributed by atoms with van der Waals surface area (Å²) in [5.41, 5.74) is 2.95. The van der Waals surface area contributed by atoms with E-state index in [0.717, 1.165) is 28.5 Å². The fourth-order valence-electron chi connectivity index (χ4n) is 5.11. The molecule has 3 aliphatic rings. The predicted octanol–water partition coefficient (Wildman–Crippen LogP) is 5.39. The summed E-state index contributed by atoms with van der Waals surface area (Å²) in [5, 5.41) is 9.75. The molecule has 0 radical (unpaired) electrons. The first-order chi connectivity index (χ1) is 16.5. The van der Waals surface area contributed by atoms with Crippen molar-refractivity contribution in [3.05, 3.63) is 58.2 Å². The zero-order valence-corrected chi connectivity index (χ0v) is 21.1. The number of carbonyl (C=O) groups is 1. The van der Waals surface area contributed by atoms with E-state index in [1.165, 1.54) is 19.3 Å². The van der Waals surface area contributed by atoms with E-state index in [2.05, 4.69) is 49.9 Å². The second-order valence-electron chi connectivity index (χ2n) is 9.33. The lowest BCUT2D eigenvalue weighted by Crippen LogP contribution is -2.47. The summed E-state index contributed by atoms with van der Waals surface area (Å²) >= 11 is 3.75. The summed E-state index contributed by atoms with van der Waals surface area (Å²) in [6, 6.07) is 7.85. The van der Waals surface area contributed by atoms with Gasteiger partial charge in [0.25, 0.3) is 5.91 Å². The van der Waals surface area contributed by atoms with Crippen LogP contribution < -0.4 is 16.0 Å². The first kappa shape index (κ1) is 22.9. The fourth-order valence-corrected chi connectivity index (χ4v) is 5.93. The molecule has 2 aliphatic carbocycles. The molecule has 1 aliphatic heterocycles. The van der Waals surface area contributed by atoms with E-state index in [1.807, 2.05) is 43.3 Å². The summed E-state index contributed by atoms with van der Waals surface area (Å²) in [4.78, 5) is 23.0. The lowest BCUT2D eigenvalue weighted by Gasteiger charge is -2.35. The molecule has 1 amide bonds. The molecule has 0 saturated heterocycles. The Morgan fingerprint density at radius 3 is 2.76 bits per heavy atom. The maximum absolute atomic E-state index is 13.5. The number of oxazole rings is 1. The quantitative estimate of drug-likeness (QED) is 0.499. The Labute approximate surface area is 208 Å². The van der Waals surface area contributed by atoms with Crippen LogP contribution in [0, 0.1) is 11.8 Å². The molecule has 8 heteroatoms. The number of anilines is 1. The lowest BCUT2D eigenvalue weighted by atomic mass is 9.79. The number of amides is 1. The average Bonchev–Trinajstić information content (AvgIpc) is 3.21. The highest BCUT2D eigenvalue weighted by Crippen LogP contribution is 2.39. The van der Waals surface area contributed by atoms with Gasteiger partial charge in [-0.2, -0.15) is 4.98 Å². The largest absolute Gasteiger partial charge is 0.423 e. The second-order valence-corrected chi connectivity index (χ2v) is 10.2. The van der Waals surface area contributed by atoms with Crippen LogP contribution in [0.15, 0.2) is 67.7 Å². The number of aromatic nitrogens is 1. The van der Waals surface area contributed by atoms with Crippen LogP contribution in [0.25, 0.3) is 11.1 Å². The third kappa shape index (κ3) is 4.69. The molecule has 3 unspecified atom stereocenters. The van der Waals surface area contributed by atoms with E-state index in [0.29, 0.717) is 23.1 Å². The van der Waals surface area contributed by atoms with Gasteiger partial charge in [0.15, 0.2) is 5.58 Å². The van der Waals surface area contributed by atoms with Gasteiger partial charge in [-0.1, -0.05) is 72.5 Å². The van der Waals surface area contributed by atoms with Gasteiger partial charge in [-0.25, -0.2) is 4.99 Å². The molecule has 0 bridgehead atoms. The van der Waals surface area contributed by atoms with Gasteiger partial charge < -0.3 is 15.1 Å². The van der Waals surface area contributed by atoms with E-state index >= 15 is 0 Å². The van der Waals surface area contributed by atoms with E-state index in [-0.39, 0.29) is 29.8 Å². The van der Waals surface area contributed by atoms with E-state index in [1.54, 1.807) is 0 Å². The molecule has 178 valence electrons. The van der Waals surface area contributed by atoms with Crippen LogP contribution in [0.5, 0.6) is 0 Å². The predicted molar refractivity (Wildman–Crippen MR) is 139 cm³/mol. The molecule has 1 aromatic carbocycles. The Kier molecular flexibility index (Phi) is 6.59. The van der Waals surface area contributed by atoms with Crippen molar-refractivity contribution in [2.24, 2.45) is 16.8 Å². The minimum Gasteiger partial charge on any atom is -0.423 e. The minimum absolute atomic E-state index is 0.00888. The van der Waals surface area contributed by atoms with E-state index in [9.17, 15) is 4.79 Å². The van der Waals surface area contributed by atoms with Crippen LogP contribution in [0.4, 0.5) is 6.01 Å². The number of rotatable bonds is 4. The molecular weight excluding hydrogens is 494 g/mol. The van der Waals surface area contributed by atoms with Gasteiger partial charge in [-0.3, -0.25) is 10.1 Å². The van der Waals surface area contributed by atoms with Crippen LogP contribution in [0.3, 0.4) is 0 Å². The molecular formula is C26H30BrN5O2. The maximum Gasteiger partial charge on any atom is 0.302 e. The van der Waals surface area contributed by atoms with Crippen LogP contribution in [0.1, 0.15) is 46.0 Å². The number of aliphatic imine (C=N–C) groups is 1. The smallest absolute Gasteiger partial charge is 0.302 e. The molecule has 2 heterocycles. The topological polar surface area (TPSA) is 91.5 Å². The van der Waals surface area contributed by atoms with Gasteiger partial charge in [-0.05, 0) is 37.8 Å². The number of nitrogens with one attached hydrogen (secondary N) is 3. The van der Waals surface area contributed by atoms with Crippen LogP contribution in [-0.4, -0.2) is 28.9 Å². The van der Waals surface area contributed by atoms with Crippen molar-refractivity contribution in [3.63, 3.8) is 0 Å². The van der Waals surface area contributed by atoms with E-state index < -0.39 is 0 Å². The summed E-state index contributed by atoms with van der Waals surface area (Å²) < 4.78 is 6.87. The maximum atomic E-state index is 13.5. The number of benzene rings is 1. The summed E-state index contributed by atoms with van der Waals surface area (Å²) in [6.07, 6.45) is 11.9. The monoisotopic (exact) mass is 523 g/mol. The molecule has 0 spiro atoms. The van der Waals surface area contributed by atoms with Gasteiger partial charge in [0.2, 0.25) is 5.96 Å². The van der Waals surface area contributed by atoms with Crippen molar-refractivity contribution in [2.45, 2.75) is 58.0 Å². The number of allylic oxidation sites excluding steroid dienone is 4. The molecule has 7 nitrogen and oxygen atoms in total. The van der Waals surface area contributed by atoms with Crippen molar-refractivity contribution >= 4 is 44.9 Å². The molecule has 5 rings (SSSR count). The number of hydrogen-bond donors (Lipinski definition) is 3. The highest BCUT2D eigenvalue weighted by molar-refractivity contribution is 9.11. The molecule has 1 fully saturated rings. The molecule has 3 N–H and O–H groups in total. The fraction of sp³-hybridized carbons (Fsp3) is 0.423. The van der Waals surface area contributed by atoms with Gasteiger partial charge in [0.05, 0.1) is 11.6 Å². The first-order valence-electron chi connectivity index (χ1n) is 12.0. The number of para-hydroxylation sites is 2. The van der Waals surface area contributed by atoms with Gasteiger partial charge in [0.1, 0.15) is 5.52 Å². The van der Waals surface area contributed by atoms with Crippen molar-refractivity contribution in [1.29, 1.82) is 0 Å². The Morgan fingerprint density at radius 1 is 1.21 bits per heavy atom. The highest BCUT2D eigenvalue weighted by Gasteiger charge is 2.38. The van der Waals surface area contributed by atoms with Crippen molar-refractivity contribution in [1.82, 2.24) is 15.6 Å². The Bertz CT molecular complexity index is 1170. The van der Waals surface area contributed by atoms with Gasteiger partial charge in [-0.15, -0.1) is 0 Å². The minimum atomic E-state index is -0.359.